The first-order valence-electron chi connectivity index (χ1n) is 5.11. The maximum absolute atomic E-state index is 9.76. The van der Waals surface area contributed by atoms with Crippen LogP contribution in [0.3, 0.4) is 0 Å². The summed E-state index contributed by atoms with van der Waals surface area (Å²) in [6.45, 7) is 0. The van der Waals surface area contributed by atoms with Crippen molar-refractivity contribution in [2.75, 3.05) is 10.9 Å². The van der Waals surface area contributed by atoms with Crippen molar-refractivity contribution in [2.24, 2.45) is 17.2 Å². The van der Waals surface area contributed by atoms with Gasteiger partial charge in [0.15, 0.2) is 0 Å². The van der Waals surface area contributed by atoms with E-state index in [4.69, 9.17) is 16.9 Å². The molecule has 10 N–H and O–H groups in total. The third-order valence-corrected chi connectivity index (χ3v) is 1.91. The number of hydrazine groups is 1. The first kappa shape index (κ1) is 13.3. The van der Waals surface area contributed by atoms with Gasteiger partial charge in [0.05, 0.1) is 0 Å². The van der Waals surface area contributed by atoms with E-state index < -0.39 is 12.3 Å². The second-order valence-corrected chi connectivity index (χ2v) is 3.40. The lowest BCUT2D eigenvalue weighted by atomic mass is 10.8. The highest BCUT2D eigenvalue weighted by Gasteiger charge is 2.16. The SMILES string of the molecule is N=c1nc2n3c(nnnc3n1)NN2.NC(=O)NC(N)N. The van der Waals surface area contributed by atoms with E-state index in [2.05, 4.69) is 42.0 Å². The Labute approximate surface area is 110 Å². The Balaban J connectivity index is 0.000000182. The van der Waals surface area contributed by atoms with Crippen molar-refractivity contribution in [3.63, 3.8) is 0 Å². The van der Waals surface area contributed by atoms with Crippen LogP contribution in [0.5, 0.6) is 0 Å². The van der Waals surface area contributed by atoms with E-state index in [0.29, 0.717) is 11.9 Å². The van der Waals surface area contributed by atoms with E-state index in [1.807, 2.05) is 5.32 Å². The Kier molecular flexibility index (Phi) is 3.49. The quantitative estimate of drug-likeness (QED) is 0.250. The van der Waals surface area contributed by atoms with Gasteiger partial charge in [-0.2, -0.15) is 9.97 Å². The fraction of sp³-hybridized carbons (Fsp3) is 0.167. The summed E-state index contributed by atoms with van der Waals surface area (Å²) in [7, 11) is 0. The minimum Gasteiger partial charge on any atom is -0.352 e. The molecular formula is C6H11N13O. The Morgan fingerprint density at radius 1 is 1.25 bits per heavy atom. The van der Waals surface area contributed by atoms with Crippen molar-refractivity contribution in [3.05, 3.63) is 5.62 Å². The zero-order valence-electron chi connectivity index (χ0n) is 9.90. The molecular weight excluding hydrogens is 270 g/mol. The molecule has 106 valence electrons. The zero-order valence-corrected chi connectivity index (χ0v) is 9.90. The highest BCUT2D eigenvalue weighted by Crippen LogP contribution is 2.13. The molecule has 3 rings (SSSR count). The van der Waals surface area contributed by atoms with Gasteiger partial charge in [-0.1, -0.05) is 10.2 Å². The number of hydrogen-bond donors (Lipinski definition) is 7. The van der Waals surface area contributed by atoms with Crippen LogP contribution < -0.4 is 39.0 Å². The van der Waals surface area contributed by atoms with Gasteiger partial charge in [0, 0.05) is 0 Å². The van der Waals surface area contributed by atoms with Gasteiger partial charge in [0.25, 0.3) is 11.7 Å². The molecule has 0 unspecified atom stereocenters. The normalized spacial score (nSPS) is 11.3. The van der Waals surface area contributed by atoms with Crippen LogP contribution in [0, 0.1) is 5.41 Å². The molecule has 0 saturated heterocycles. The van der Waals surface area contributed by atoms with Gasteiger partial charge in [-0.05, 0) is 5.21 Å². The average molecular weight is 281 g/mol. The Bertz CT molecular complexity index is 691. The molecule has 0 aromatic carbocycles. The monoisotopic (exact) mass is 281 g/mol. The smallest absolute Gasteiger partial charge is 0.314 e. The first-order valence-corrected chi connectivity index (χ1v) is 5.11. The fourth-order valence-corrected chi connectivity index (χ4v) is 1.27. The predicted molar refractivity (Wildman–Crippen MR) is 64.4 cm³/mol. The van der Waals surface area contributed by atoms with Crippen LogP contribution in [0.1, 0.15) is 0 Å². The highest BCUT2D eigenvalue weighted by atomic mass is 16.2. The van der Waals surface area contributed by atoms with Crippen LogP contribution in [0.25, 0.3) is 5.78 Å². The minimum absolute atomic E-state index is 0.113. The van der Waals surface area contributed by atoms with Crippen molar-refractivity contribution >= 4 is 23.7 Å². The van der Waals surface area contributed by atoms with E-state index in [9.17, 15) is 4.79 Å². The molecule has 1 aliphatic heterocycles. The van der Waals surface area contributed by atoms with Crippen molar-refractivity contribution in [1.82, 2.24) is 35.1 Å². The first-order chi connectivity index (χ1) is 9.47. The molecule has 0 spiro atoms. The van der Waals surface area contributed by atoms with Crippen LogP contribution in [-0.4, -0.2) is 42.1 Å². The molecule has 20 heavy (non-hydrogen) atoms. The van der Waals surface area contributed by atoms with Crippen molar-refractivity contribution < 1.29 is 4.79 Å². The maximum atomic E-state index is 9.76. The number of amides is 2. The number of carbonyl (C=O) groups excluding carboxylic acids is 1. The molecule has 0 saturated carbocycles. The summed E-state index contributed by atoms with van der Waals surface area (Å²) in [6, 6.07) is -0.713. The van der Waals surface area contributed by atoms with Crippen molar-refractivity contribution in [1.29, 1.82) is 5.41 Å². The zero-order chi connectivity index (χ0) is 14.7. The molecule has 3 heterocycles. The van der Waals surface area contributed by atoms with E-state index in [0.717, 1.165) is 0 Å². The number of urea groups is 1. The molecule has 0 radical (unpaired) electrons. The number of nitrogens with two attached hydrogens (primary N) is 3. The lowest BCUT2D eigenvalue weighted by molar-refractivity contribution is 0.246. The summed E-state index contributed by atoms with van der Waals surface area (Å²) >= 11 is 0. The third-order valence-electron chi connectivity index (χ3n) is 1.91. The van der Waals surface area contributed by atoms with Crippen LogP contribution in [0.2, 0.25) is 0 Å². The second-order valence-electron chi connectivity index (χ2n) is 3.40. The number of nitrogens with zero attached hydrogens (tertiary/aromatic N) is 6. The standard InChI is InChI=1S/C4H3N9.C2H8N4O/c5-1-6-2-8-9-4-11-12-10-3(7-1)13(2)4;3-1(4)6-2(5)7/h(H3,5,6,7,8,9,10,11);1H,3-4H2,(H3,5,6,7). The topological polar surface area (TPSA) is 224 Å². The van der Waals surface area contributed by atoms with E-state index in [-0.39, 0.29) is 11.4 Å². The molecule has 2 aromatic heterocycles. The number of rotatable bonds is 1. The Morgan fingerprint density at radius 3 is 2.55 bits per heavy atom. The number of primary amides is 1. The van der Waals surface area contributed by atoms with Crippen LogP contribution >= 0.6 is 0 Å². The molecule has 2 aromatic rings. The summed E-state index contributed by atoms with van der Waals surface area (Å²) in [4.78, 5) is 17.3. The van der Waals surface area contributed by atoms with Gasteiger partial charge < -0.3 is 11.1 Å². The minimum atomic E-state index is -0.850. The number of anilines is 2. The van der Waals surface area contributed by atoms with Crippen LogP contribution in [-0.2, 0) is 0 Å². The second kappa shape index (κ2) is 5.24. The molecule has 14 heteroatoms. The van der Waals surface area contributed by atoms with E-state index in [1.165, 1.54) is 4.40 Å². The molecule has 0 atom stereocenters. The maximum Gasteiger partial charge on any atom is 0.314 e. The van der Waals surface area contributed by atoms with Gasteiger partial charge in [-0.15, -0.1) is 0 Å². The summed E-state index contributed by atoms with van der Waals surface area (Å²) in [5.41, 5.74) is 19.6. The van der Waals surface area contributed by atoms with Crippen LogP contribution in [0.15, 0.2) is 0 Å². The number of nitrogens with one attached hydrogen (secondary N) is 4. The number of carbonyl (C=O) groups is 1. The predicted octanol–water partition coefficient (Wildman–Crippen LogP) is -4.00. The fourth-order valence-electron chi connectivity index (χ4n) is 1.27. The summed E-state index contributed by atoms with van der Waals surface area (Å²) in [6.07, 6.45) is -0.850. The van der Waals surface area contributed by atoms with Gasteiger partial charge in [-0.25, -0.2) is 9.20 Å². The van der Waals surface area contributed by atoms with Gasteiger partial charge >= 0.3 is 6.03 Å². The third kappa shape index (κ3) is 2.82. The number of aromatic nitrogens is 6. The lowest BCUT2D eigenvalue weighted by Gasteiger charge is -2.02. The molecule has 0 aliphatic carbocycles. The van der Waals surface area contributed by atoms with E-state index >= 15 is 0 Å². The number of hydrogen-bond acceptors (Lipinski definition) is 11. The average Bonchev–Trinajstić information content (AvgIpc) is 2.73. The van der Waals surface area contributed by atoms with Gasteiger partial charge in [0.2, 0.25) is 11.6 Å². The lowest BCUT2D eigenvalue weighted by Crippen LogP contribution is -2.50. The molecule has 14 nitrogen and oxygen atoms in total. The van der Waals surface area contributed by atoms with E-state index in [1.54, 1.807) is 0 Å². The molecule has 1 aliphatic rings. The Hall–Kier alpha value is -3.13. The Morgan fingerprint density at radius 2 is 1.95 bits per heavy atom. The molecule has 0 fully saturated rings. The largest absolute Gasteiger partial charge is 0.352 e. The summed E-state index contributed by atoms with van der Waals surface area (Å²) in [5.74, 6) is 1.19. The van der Waals surface area contributed by atoms with Crippen molar-refractivity contribution in [2.45, 2.75) is 6.29 Å². The molecule has 2 amide bonds. The summed E-state index contributed by atoms with van der Waals surface area (Å²) < 4.78 is 1.53. The van der Waals surface area contributed by atoms with Crippen LogP contribution in [0.4, 0.5) is 16.7 Å². The van der Waals surface area contributed by atoms with Gasteiger partial charge in [0.1, 0.15) is 6.29 Å². The van der Waals surface area contributed by atoms with Gasteiger partial charge in [-0.3, -0.25) is 27.7 Å². The summed E-state index contributed by atoms with van der Waals surface area (Å²) in [5, 5.41) is 20.1. The molecule has 0 bridgehead atoms. The van der Waals surface area contributed by atoms with Crippen molar-refractivity contribution in [3.8, 4) is 0 Å². The highest BCUT2D eigenvalue weighted by molar-refractivity contribution is 5.71.